The fraction of sp³-hybridized carbons (Fsp3) is 0.353. The number of nitrogens with zero attached hydrogens (tertiary/aromatic N) is 1. The monoisotopic (exact) mass is 379 g/mol. The summed E-state index contributed by atoms with van der Waals surface area (Å²) >= 11 is 1.36. The van der Waals surface area contributed by atoms with Crippen molar-refractivity contribution >= 4 is 28.3 Å². The summed E-state index contributed by atoms with van der Waals surface area (Å²) in [6, 6.07) is 2.28. The van der Waals surface area contributed by atoms with Gasteiger partial charge in [0.15, 0.2) is 16.6 Å². The predicted molar refractivity (Wildman–Crippen MR) is 98.5 cm³/mol. The van der Waals surface area contributed by atoms with Crippen molar-refractivity contribution in [3.63, 3.8) is 0 Å². The minimum atomic E-state index is -0.759. The summed E-state index contributed by atoms with van der Waals surface area (Å²) in [7, 11) is 4.41. The van der Waals surface area contributed by atoms with E-state index in [1.807, 2.05) is 6.92 Å². The molecule has 0 saturated heterocycles. The summed E-state index contributed by atoms with van der Waals surface area (Å²) < 4.78 is 15.7. The number of anilines is 1. The molecular weight excluding hydrogens is 358 g/mol. The molecule has 0 fully saturated rings. The average molecular weight is 379 g/mol. The number of amides is 2. The van der Waals surface area contributed by atoms with Crippen LogP contribution in [0.25, 0.3) is 0 Å². The van der Waals surface area contributed by atoms with Gasteiger partial charge in [0.2, 0.25) is 11.7 Å². The standard InChI is InChI=1S/C17H21N3O5S/c1-9-8-18-17(26-9)20-15(21)10(2)19-16(22)11-6-12(23-3)14(25-5)13(7-11)24-4/h6-8,10H,1-5H3,(H,19,22)(H,18,20,21). The van der Waals surface area contributed by atoms with Crippen molar-refractivity contribution in [3.8, 4) is 17.2 Å². The molecule has 1 unspecified atom stereocenters. The Kier molecular flexibility index (Phi) is 6.40. The van der Waals surface area contributed by atoms with Gasteiger partial charge < -0.3 is 24.8 Å². The number of carbonyl (C=O) groups is 2. The second-order valence-electron chi connectivity index (χ2n) is 5.37. The van der Waals surface area contributed by atoms with E-state index >= 15 is 0 Å². The Labute approximate surface area is 155 Å². The number of carbonyl (C=O) groups excluding carboxylic acids is 2. The van der Waals surface area contributed by atoms with E-state index in [2.05, 4.69) is 15.6 Å². The summed E-state index contributed by atoms with van der Waals surface area (Å²) in [4.78, 5) is 29.8. The Morgan fingerprint density at radius 3 is 2.19 bits per heavy atom. The van der Waals surface area contributed by atoms with Crippen LogP contribution in [0, 0.1) is 6.92 Å². The molecule has 0 radical (unpaired) electrons. The Hall–Kier alpha value is -2.81. The lowest BCUT2D eigenvalue weighted by atomic mass is 10.1. The van der Waals surface area contributed by atoms with E-state index in [1.165, 1.54) is 44.8 Å². The number of hydrogen-bond donors (Lipinski definition) is 2. The van der Waals surface area contributed by atoms with Crippen LogP contribution in [0.1, 0.15) is 22.2 Å². The molecule has 1 atom stereocenters. The van der Waals surface area contributed by atoms with Crippen molar-refractivity contribution < 1.29 is 23.8 Å². The van der Waals surface area contributed by atoms with Gasteiger partial charge in [-0.15, -0.1) is 11.3 Å². The molecule has 1 aromatic heterocycles. The van der Waals surface area contributed by atoms with Crippen LogP contribution in [0.3, 0.4) is 0 Å². The van der Waals surface area contributed by atoms with Crippen LogP contribution in [0.15, 0.2) is 18.3 Å². The van der Waals surface area contributed by atoms with Gasteiger partial charge in [-0.25, -0.2) is 4.98 Å². The summed E-state index contributed by atoms with van der Waals surface area (Å²) in [5.74, 6) is 0.290. The maximum atomic E-state index is 12.5. The normalized spacial score (nSPS) is 11.4. The van der Waals surface area contributed by atoms with E-state index in [0.29, 0.717) is 22.4 Å². The number of rotatable bonds is 7. The number of aromatic nitrogens is 1. The second kappa shape index (κ2) is 8.52. The van der Waals surface area contributed by atoms with Gasteiger partial charge >= 0.3 is 0 Å². The molecule has 1 aromatic carbocycles. The van der Waals surface area contributed by atoms with E-state index in [1.54, 1.807) is 13.1 Å². The number of ether oxygens (including phenoxy) is 3. The molecule has 2 rings (SSSR count). The number of methoxy groups -OCH3 is 3. The molecule has 2 amide bonds. The van der Waals surface area contributed by atoms with Gasteiger partial charge in [-0.1, -0.05) is 0 Å². The maximum absolute atomic E-state index is 12.5. The van der Waals surface area contributed by atoms with Gasteiger partial charge in [-0.2, -0.15) is 0 Å². The van der Waals surface area contributed by atoms with E-state index in [-0.39, 0.29) is 11.5 Å². The van der Waals surface area contributed by atoms with E-state index in [9.17, 15) is 9.59 Å². The van der Waals surface area contributed by atoms with Gasteiger partial charge in [0, 0.05) is 16.6 Å². The molecule has 0 aliphatic carbocycles. The van der Waals surface area contributed by atoms with E-state index in [4.69, 9.17) is 14.2 Å². The zero-order valence-corrected chi connectivity index (χ0v) is 16.0. The highest BCUT2D eigenvalue weighted by Crippen LogP contribution is 2.38. The summed E-state index contributed by atoms with van der Waals surface area (Å²) in [5.41, 5.74) is 0.282. The van der Waals surface area contributed by atoms with Crippen molar-refractivity contribution in [2.24, 2.45) is 0 Å². The number of thiazole rings is 1. The third-order valence-corrected chi connectivity index (χ3v) is 4.35. The first-order valence-electron chi connectivity index (χ1n) is 7.73. The minimum Gasteiger partial charge on any atom is -0.493 e. The summed E-state index contributed by atoms with van der Waals surface area (Å²) in [6.45, 7) is 3.48. The van der Waals surface area contributed by atoms with Crippen LogP contribution in [0.4, 0.5) is 5.13 Å². The molecule has 0 aliphatic heterocycles. The Morgan fingerprint density at radius 1 is 1.12 bits per heavy atom. The molecule has 8 nitrogen and oxygen atoms in total. The van der Waals surface area contributed by atoms with Crippen molar-refractivity contribution in [3.05, 3.63) is 28.8 Å². The fourth-order valence-electron chi connectivity index (χ4n) is 2.18. The highest BCUT2D eigenvalue weighted by Gasteiger charge is 2.21. The molecular formula is C17H21N3O5S. The first-order chi connectivity index (χ1) is 12.4. The molecule has 140 valence electrons. The topological polar surface area (TPSA) is 98.8 Å². The molecule has 2 aromatic rings. The zero-order chi connectivity index (χ0) is 19.3. The lowest BCUT2D eigenvalue weighted by Crippen LogP contribution is -2.41. The molecule has 0 spiro atoms. The number of hydrogen-bond acceptors (Lipinski definition) is 7. The van der Waals surface area contributed by atoms with Crippen LogP contribution in [-0.2, 0) is 4.79 Å². The highest BCUT2D eigenvalue weighted by atomic mass is 32.1. The number of aryl methyl sites for hydroxylation is 1. The van der Waals surface area contributed by atoms with Crippen molar-refractivity contribution in [2.75, 3.05) is 26.6 Å². The SMILES string of the molecule is COc1cc(C(=O)NC(C)C(=O)Nc2ncc(C)s2)cc(OC)c1OC. The van der Waals surface area contributed by atoms with E-state index < -0.39 is 11.9 Å². The molecule has 0 saturated carbocycles. The second-order valence-corrected chi connectivity index (χ2v) is 6.61. The van der Waals surface area contributed by atoms with Gasteiger partial charge in [0.1, 0.15) is 6.04 Å². The average Bonchev–Trinajstić information content (AvgIpc) is 3.04. The molecule has 9 heteroatoms. The third-order valence-electron chi connectivity index (χ3n) is 3.52. The Morgan fingerprint density at radius 2 is 1.73 bits per heavy atom. The van der Waals surface area contributed by atoms with Crippen molar-refractivity contribution in [2.45, 2.75) is 19.9 Å². The molecule has 0 bridgehead atoms. The Balaban J connectivity index is 2.12. The molecule has 0 aliphatic rings. The van der Waals surface area contributed by atoms with Crippen molar-refractivity contribution in [1.82, 2.24) is 10.3 Å². The molecule has 1 heterocycles. The summed E-state index contributed by atoms with van der Waals surface area (Å²) in [6.07, 6.45) is 1.67. The lowest BCUT2D eigenvalue weighted by Gasteiger charge is -2.16. The van der Waals surface area contributed by atoms with Crippen LogP contribution < -0.4 is 24.8 Å². The maximum Gasteiger partial charge on any atom is 0.252 e. The third kappa shape index (κ3) is 4.42. The van der Waals surface area contributed by atoms with Crippen molar-refractivity contribution in [1.29, 1.82) is 0 Å². The first-order valence-corrected chi connectivity index (χ1v) is 8.55. The van der Waals surface area contributed by atoms with Crippen LogP contribution in [0.2, 0.25) is 0 Å². The van der Waals surface area contributed by atoms with Gasteiger partial charge in [-0.3, -0.25) is 9.59 Å². The Bertz CT molecular complexity index is 780. The predicted octanol–water partition coefficient (Wildman–Crippen LogP) is 2.23. The summed E-state index contributed by atoms with van der Waals surface area (Å²) in [5, 5.41) is 5.79. The lowest BCUT2D eigenvalue weighted by molar-refractivity contribution is -0.117. The minimum absolute atomic E-state index is 0.282. The zero-order valence-electron chi connectivity index (χ0n) is 15.2. The molecule has 2 N–H and O–H groups in total. The fourth-order valence-corrected chi connectivity index (χ4v) is 2.85. The smallest absolute Gasteiger partial charge is 0.252 e. The quantitative estimate of drug-likeness (QED) is 0.765. The first kappa shape index (κ1) is 19.5. The molecule has 26 heavy (non-hydrogen) atoms. The largest absolute Gasteiger partial charge is 0.493 e. The number of benzene rings is 1. The van der Waals surface area contributed by atoms with Crippen LogP contribution in [0.5, 0.6) is 17.2 Å². The van der Waals surface area contributed by atoms with Gasteiger partial charge in [-0.05, 0) is 26.0 Å². The van der Waals surface area contributed by atoms with Crippen LogP contribution >= 0.6 is 11.3 Å². The highest BCUT2D eigenvalue weighted by molar-refractivity contribution is 7.15. The van der Waals surface area contributed by atoms with Gasteiger partial charge in [0.05, 0.1) is 21.3 Å². The van der Waals surface area contributed by atoms with Gasteiger partial charge in [0.25, 0.3) is 5.91 Å². The number of nitrogens with one attached hydrogen (secondary N) is 2. The van der Waals surface area contributed by atoms with E-state index in [0.717, 1.165) is 4.88 Å². The van der Waals surface area contributed by atoms with Crippen LogP contribution in [-0.4, -0.2) is 44.2 Å².